The van der Waals surface area contributed by atoms with Crippen LogP contribution in [0.4, 0.5) is 0 Å². The van der Waals surface area contributed by atoms with Gasteiger partial charge in [-0.2, -0.15) is 9.78 Å². The van der Waals surface area contributed by atoms with Crippen LogP contribution in [-0.4, -0.2) is 42.2 Å². The van der Waals surface area contributed by atoms with Gasteiger partial charge >= 0.3 is 16.0 Å². The highest BCUT2D eigenvalue weighted by Gasteiger charge is 2.33. The zero-order chi connectivity index (χ0) is 20.9. The maximum atomic E-state index is 12.6. The fourth-order valence-corrected chi connectivity index (χ4v) is 4.87. The summed E-state index contributed by atoms with van der Waals surface area (Å²) >= 11 is 0. The molecule has 2 aromatic carbocycles. The van der Waals surface area contributed by atoms with E-state index in [4.69, 9.17) is 0 Å². The summed E-state index contributed by atoms with van der Waals surface area (Å²) in [6, 6.07) is 12.5. The van der Waals surface area contributed by atoms with Crippen molar-refractivity contribution in [3.63, 3.8) is 0 Å². The van der Waals surface area contributed by atoms with Crippen LogP contribution in [0.25, 0.3) is 16.5 Å². The summed E-state index contributed by atoms with van der Waals surface area (Å²) in [6.45, 7) is 4.53. The van der Waals surface area contributed by atoms with Crippen molar-refractivity contribution in [3.05, 3.63) is 58.5 Å². The lowest BCUT2D eigenvalue weighted by atomic mass is 10.0. The second-order valence-corrected chi connectivity index (χ2v) is 8.92. The Kier molecular flexibility index (Phi) is 4.52. The number of hydrogen-bond donors (Lipinski definition) is 0. The normalized spacial score (nSPS) is 20.1. The van der Waals surface area contributed by atoms with Gasteiger partial charge < -0.3 is 13.3 Å². The van der Waals surface area contributed by atoms with Crippen molar-refractivity contribution in [3.8, 4) is 17.2 Å². The van der Waals surface area contributed by atoms with Crippen molar-refractivity contribution >= 4 is 21.2 Å². The minimum atomic E-state index is -4.24. The molecule has 30 heavy (non-hydrogen) atoms. The van der Waals surface area contributed by atoms with Crippen LogP contribution >= 0.6 is 0 Å². The van der Waals surface area contributed by atoms with E-state index in [0.29, 0.717) is 11.7 Å². The average molecular weight is 427 g/mol. The highest BCUT2D eigenvalue weighted by Crippen LogP contribution is 2.31. The SMILES string of the molecule is C[C@@H]1CCCN1CCc1ccc2cc(-n3ncc4c(c3=O)OS(=O)(=O)O4)ccc2c1. The number of hydrogen-bond acceptors (Lipinski definition) is 7. The standard InChI is InChI=1S/C21H21N3O5S/c1-14-3-2-9-23(14)10-8-15-4-5-17-12-18(7-6-16(17)11-15)24-21(25)20-19(13-22-24)28-30(26,27)29-20/h4-7,11-14H,2-3,8-10H2,1H3/t14-/m1/s1. The Balaban J connectivity index is 1.42. The van der Waals surface area contributed by atoms with E-state index in [1.807, 2.05) is 18.2 Å². The molecule has 5 rings (SSSR count). The molecule has 0 spiro atoms. The van der Waals surface area contributed by atoms with Crippen molar-refractivity contribution in [2.45, 2.75) is 32.2 Å². The predicted octanol–water partition coefficient (Wildman–Crippen LogP) is 2.43. The van der Waals surface area contributed by atoms with Gasteiger partial charge in [0, 0.05) is 12.6 Å². The van der Waals surface area contributed by atoms with Crippen molar-refractivity contribution in [2.24, 2.45) is 0 Å². The van der Waals surface area contributed by atoms with Crippen molar-refractivity contribution in [1.29, 1.82) is 0 Å². The molecule has 0 unspecified atom stereocenters. The smallest absolute Gasteiger partial charge is 0.347 e. The molecule has 1 fully saturated rings. The van der Waals surface area contributed by atoms with Crippen LogP contribution in [0.15, 0.2) is 47.4 Å². The van der Waals surface area contributed by atoms with E-state index < -0.39 is 16.0 Å². The lowest BCUT2D eigenvalue weighted by Gasteiger charge is -2.20. The topological polar surface area (TPSA) is 90.7 Å². The fraction of sp³-hybridized carbons (Fsp3) is 0.333. The first-order chi connectivity index (χ1) is 14.4. The quantitative estimate of drug-likeness (QED) is 0.632. The summed E-state index contributed by atoms with van der Waals surface area (Å²) in [4.78, 5) is 15.1. The summed E-state index contributed by atoms with van der Waals surface area (Å²) in [6.07, 6.45) is 4.72. The number of rotatable bonds is 4. The largest absolute Gasteiger partial charge is 0.501 e. The second-order valence-electron chi connectivity index (χ2n) is 7.77. The molecular formula is C21H21N3O5S. The first-order valence-corrected chi connectivity index (χ1v) is 11.3. The maximum absolute atomic E-state index is 12.6. The molecule has 9 heteroatoms. The van der Waals surface area contributed by atoms with Crippen molar-refractivity contribution < 1.29 is 16.8 Å². The molecule has 8 nitrogen and oxygen atoms in total. The average Bonchev–Trinajstić information content (AvgIpc) is 3.28. The number of benzene rings is 2. The van der Waals surface area contributed by atoms with E-state index in [0.717, 1.165) is 34.6 Å². The summed E-state index contributed by atoms with van der Waals surface area (Å²) in [5, 5.41) is 6.05. The molecule has 1 aromatic heterocycles. The summed E-state index contributed by atoms with van der Waals surface area (Å²) in [5.41, 5.74) is 1.10. The molecule has 0 saturated carbocycles. The van der Waals surface area contributed by atoms with Crippen LogP contribution in [-0.2, 0) is 16.8 Å². The van der Waals surface area contributed by atoms with Crippen LogP contribution < -0.4 is 13.9 Å². The lowest BCUT2D eigenvalue weighted by molar-refractivity contribution is 0.272. The third-order valence-electron chi connectivity index (χ3n) is 5.79. The Bertz CT molecular complexity index is 1300. The zero-order valence-corrected chi connectivity index (χ0v) is 17.3. The molecule has 2 aliphatic heterocycles. The molecule has 2 aliphatic rings. The highest BCUT2D eigenvalue weighted by atomic mass is 32.3. The summed E-state index contributed by atoms with van der Waals surface area (Å²) in [7, 11) is -4.24. The first kappa shape index (κ1) is 19.1. The Morgan fingerprint density at radius 3 is 2.73 bits per heavy atom. The number of fused-ring (bicyclic) bond motifs is 2. The molecule has 0 N–H and O–H groups in total. The molecule has 0 aliphatic carbocycles. The van der Waals surface area contributed by atoms with Gasteiger partial charge in [0.15, 0.2) is 0 Å². The molecular weight excluding hydrogens is 406 g/mol. The van der Waals surface area contributed by atoms with Gasteiger partial charge in [0.25, 0.3) is 5.75 Å². The number of nitrogens with zero attached hydrogens (tertiary/aromatic N) is 3. The first-order valence-electron chi connectivity index (χ1n) is 9.93. The molecule has 1 atom stereocenters. The van der Waals surface area contributed by atoms with Crippen LogP contribution in [0.2, 0.25) is 0 Å². The lowest BCUT2D eigenvalue weighted by Crippen LogP contribution is -2.28. The Morgan fingerprint density at radius 1 is 1.13 bits per heavy atom. The van der Waals surface area contributed by atoms with E-state index in [1.165, 1.54) is 24.9 Å². The molecule has 3 aromatic rings. The van der Waals surface area contributed by atoms with Crippen LogP contribution in [0.1, 0.15) is 25.3 Å². The van der Waals surface area contributed by atoms with Gasteiger partial charge in [0.2, 0.25) is 5.75 Å². The van der Waals surface area contributed by atoms with Crippen LogP contribution in [0.5, 0.6) is 11.5 Å². The molecule has 0 amide bonds. The third kappa shape index (κ3) is 3.44. The van der Waals surface area contributed by atoms with E-state index >= 15 is 0 Å². The maximum Gasteiger partial charge on any atom is 0.501 e. The highest BCUT2D eigenvalue weighted by molar-refractivity contribution is 7.82. The molecule has 0 radical (unpaired) electrons. The Labute approximate surface area is 174 Å². The fourth-order valence-electron chi connectivity index (χ4n) is 4.14. The zero-order valence-electron chi connectivity index (χ0n) is 16.4. The second kappa shape index (κ2) is 7.10. The number of aromatic nitrogens is 2. The minimum absolute atomic E-state index is 0.200. The monoisotopic (exact) mass is 427 g/mol. The molecule has 0 bridgehead atoms. The van der Waals surface area contributed by atoms with Gasteiger partial charge in [-0.15, -0.1) is 8.42 Å². The van der Waals surface area contributed by atoms with E-state index in [9.17, 15) is 13.2 Å². The van der Waals surface area contributed by atoms with Crippen LogP contribution in [0, 0.1) is 0 Å². The van der Waals surface area contributed by atoms with Gasteiger partial charge in [-0.25, -0.2) is 0 Å². The summed E-state index contributed by atoms with van der Waals surface area (Å²) < 4.78 is 33.2. The van der Waals surface area contributed by atoms with Gasteiger partial charge in [0.1, 0.15) is 0 Å². The van der Waals surface area contributed by atoms with E-state index in [2.05, 4.69) is 37.4 Å². The van der Waals surface area contributed by atoms with Crippen molar-refractivity contribution in [1.82, 2.24) is 14.7 Å². The minimum Gasteiger partial charge on any atom is -0.347 e. The summed E-state index contributed by atoms with van der Waals surface area (Å²) in [5.74, 6) is -0.578. The van der Waals surface area contributed by atoms with E-state index in [1.54, 1.807) is 6.07 Å². The van der Waals surface area contributed by atoms with E-state index in [-0.39, 0.29) is 11.5 Å². The third-order valence-corrected chi connectivity index (χ3v) is 6.54. The molecule has 156 valence electrons. The molecule has 1 saturated heterocycles. The predicted molar refractivity (Wildman–Crippen MR) is 111 cm³/mol. The van der Waals surface area contributed by atoms with Crippen molar-refractivity contribution in [2.75, 3.05) is 13.1 Å². The van der Waals surface area contributed by atoms with Gasteiger partial charge in [-0.3, -0.25) is 4.79 Å². The van der Waals surface area contributed by atoms with Gasteiger partial charge in [-0.05, 0) is 61.2 Å². The van der Waals surface area contributed by atoms with Gasteiger partial charge in [0.05, 0.1) is 11.9 Å². The van der Waals surface area contributed by atoms with Crippen LogP contribution in [0.3, 0.4) is 0 Å². The Hall–Kier alpha value is -2.91. The number of likely N-dealkylation sites (tertiary alicyclic amines) is 1. The van der Waals surface area contributed by atoms with Gasteiger partial charge in [-0.1, -0.05) is 24.3 Å². The molecule has 3 heterocycles. The Morgan fingerprint density at radius 2 is 1.93 bits per heavy atom.